The zero-order chi connectivity index (χ0) is 26.4. The molecule has 0 saturated carbocycles. The average Bonchev–Trinajstić information content (AvgIpc) is 3.57. The maximum Gasteiger partial charge on any atom is 0.416 e. The molecule has 0 aliphatic carbocycles. The molecule has 3 aromatic carbocycles. The van der Waals surface area contributed by atoms with Gasteiger partial charge in [-0.25, -0.2) is 14.2 Å². The maximum absolute atomic E-state index is 14.2. The molecule has 2 unspecified atom stereocenters. The zero-order valence-corrected chi connectivity index (χ0v) is 21.2. The summed E-state index contributed by atoms with van der Waals surface area (Å²) in [6.07, 6.45) is -4.48. The fraction of sp³-hybridized carbons (Fsp3) is 0.143. The molecule has 0 radical (unpaired) electrons. The summed E-state index contributed by atoms with van der Waals surface area (Å²) in [7, 11) is 0. The van der Waals surface area contributed by atoms with E-state index >= 15 is 0 Å². The number of nitrogens with one attached hydrogen (secondary N) is 1. The number of thioether (sulfide) groups is 1. The molecule has 1 N–H and O–H groups in total. The van der Waals surface area contributed by atoms with Crippen LogP contribution in [0.5, 0.6) is 0 Å². The quantitative estimate of drug-likeness (QED) is 0.260. The third-order valence-corrected chi connectivity index (χ3v) is 8.68. The second-order valence-electron chi connectivity index (χ2n) is 8.90. The molecule has 192 valence electrons. The van der Waals surface area contributed by atoms with Crippen molar-refractivity contribution >= 4 is 40.5 Å². The van der Waals surface area contributed by atoms with Crippen molar-refractivity contribution in [1.29, 1.82) is 0 Å². The highest BCUT2D eigenvalue weighted by Crippen LogP contribution is 2.48. The highest BCUT2D eigenvalue weighted by Gasteiger charge is 2.45. The second kappa shape index (κ2) is 9.59. The average molecular weight is 554 g/mol. The Bertz CT molecular complexity index is 1530. The number of hydrazone groups is 1. The van der Waals surface area contributed by atoms with Crippen molar-refractivity contribution in [3.63, 3.8) is 0 Å². The number of rotatable bonds is 3. The first-order valence-electron chi connectivity index (χ1n) is 11.7. The van der Waals surface area contributed by atoms with Crippen molar-refractivity contribution in [1.82, 2.24) is 5.01 Å². The van der Waals surface area contributed by atoms with Crippen LogP contribution in [0.3, 0.4) is 0 Å². The number of urea groups is 1. The Morgan fingerprint density at radius 2 is 1.76 bits per heavy atom. The van der Waals surface area contributed by atoms with E-state index in [9.17, 15) is 22.4 Å². The Hall–Kier alpha value is -3.63. The summed E-state index contributed by atoms with van der Waals surface area (Å²) in [6, 6.07) is 19.5. The van der Waals surface area contributed by atoms with Crippen LogP contribution in [0.1, 0.15) is 22.7 Å². The largest absolute Gasteiger partial charge is 0.416 e. The van der Waals surface area contributed by atoms with Crippen LogP contribution in [0.25, 0.3) is 10.4 Å². The van der Waals surface area contributed by atoms with Crippen molar-refractivity contribution in [2.24, 2.45) is 11.0 Å². The number of hydrogen-bond donors (Lipinski definition) is 1. The zero-order valence-electron chi connectivity index (χ0n) is 19.6. The molecule has 4 aromatic rings. The Morgan fingerprint density at radius 1 is 0.974 bits per heavy atom. The van der Waals surface area contributed by atoms with E-state index in [0.29, 0.717) is 17.0 Å². The smallest absolute Gasteiger partial charge is 0.306 e. The molecule has 2 atom stereocenters. The lowest BCUT2D eigenvalue weighted by Crippen LogP contribution is -2.35. The lowest BCUT2D eigenvalue weighted by Gasteiger charge is -2.30. The number of amides is 2. The standard InChI is InChI=1S/C28H19F4N3OS2/c29-17-9-12-24-21(14-17)25-22(15-38-24)26(20-5-2-1-4-19(20)23-6-3-13-37-23)35(34-25)27(36)33-18-10-7-16(8-11-18)28(30,31)32/h1-14,22,26H,15H2,(H,33,36). The van der Waals surface area contributed by atoms with Gasteiger partial charge in [0.1, 0.15) is 5.82 Å². The summed E-state index contributed by atoms with van der Waals surface area (Å²) in [5, 5.41) is 10.7. The first kappa shape index (κ1) is 24.7. The molecule has 0 fully saturated rings. The summed E-state index contributed by atoms with van der Waals surface area (Å²) in [6.45, 7) is 0. The molecule has 0 bridgehead atoms. The first-order valence-corrected chi connectivity index (χ1v) is 13.6. The molecule has 38 heavy (non-hydrogen) atoms. The molecule has 1 aromatic heterocycles. The van der Waals surface area contributed by atoms with Crippen LogP contribution in [0, 0.1) is 11.7 Å². The predicted molar refractivity (Wildman–Crippen MR) is 142 cm³/mol. The van der Waals surface area contributed by atoms with Crippen molar-refractivity contribution < 1.29 is 22.4 Å². The minimum absolute atomic E-state index is 0.212. The predicted octanol–water partition coefficient (Wildman–Crippen LogP) is 8.29. The number of carbonyl (C=O) groups is 1. The van der Waals surface area contributed by atoms with Gasteiger partial charge in [-0.15, -0.1) is 23.1 Å². The molecule has 0 saturated heterocycles. The summed E-state index contributed by atoms with van der Waals surface area (Å²) < 4.78 is 53.2. The van der Waals surface area contributed by atoms with E-state index < -0.39 is 29.6 Å². The van der Waals surface area contributed by atoms with Crippen LogP contribution < -0.4 is 5.32 Å². The van der Waals surface area contributed by atoms with Gasteiger partial charge in [-0.3, -0.25) is 0 Å². The molecule has 6 rings (SSSR count). The topological polar surface area (TPSA) is 44.7 Å². The Balaban J connectivity index is 1.41. The number of thiophene rings is 1. The molecule has 0 spiro atoms. The fourth-order valence-electron chi connectivity index (χ4n) is 4.86. The Kier molecular flexibility index (Phi) is 6.23. The molecular weight excluding hydrogens is 534 g/mol. The monoisotopic (exact) mass is 553 g/mol. The first-order chi connectivity index (χ1) is 18.3. The number of fused-ring (bicyclic) bond motifs is 3. The van der Waals surface area contributed by atoms with Gasteiger partial charge in [0.05, 0.1) is 17.3 Å². The highest BCUT2D eigenvalue weighted by molar-refractivity contribution is 7.99. The van der Waals surface area contributed by atoms with E-state index in [1.54, 1.807) is 29.2 Å². The van der Waals surface area contributed by atoms with Gasteiger partial charge in [0, 0.05) is 32.7 Å². The van der Waals surface area contributed by atoms with Crippen LogP contribution in [0.4, 0.5) is 28.0 Å². The van der Waals surface area contributed by atoms with E-state index in [1.807, 2.05) is 41.8 Å². The molecule has 3 heterocycles. The van der Waals surface area contributed by atoms with E-state index in [0.717, 1.165) is 33.0 Å². The molecule has 2 aliphatic rings. The third kappa shape index (κ3) is 4.48. The normalized spacial score (nSPS) is 18.5. The summed E-state index contributed by atoms with van der Waals surface area (Å²) in [5.74, 6) is 0.0231. The van der Waals surface area contributed by atoms with E-state index in [2.05, 4.69) is 5.32 Å². The summed E-state index contributed by atoms with van der Waals surface area (Å²) >= 11 is 3.17. The number of hydrogen-bond acceptors (Lipinski definition) is 4. The second-order valence-corrected chi connectivity index (χ2v) is 10.9. The fourth-order valence-corrected chi connectivity index (χ4v) is 6.81. The van der Waals surface area contributed by atoms with Gasteiger partial charge in [0.15, 0.2) is 0 Å². The molecule has 2 amide bonds. The van der Waals surface area contributed by atoms with Gasteiger partial charge >= 0.3 is 12.2 Å². The van der Waals surface area contributed by atoms with E-state index in [4.69, 9.17) is 5.10 Å². The van der Waals surface area contributed by atoms with E-state index in [-0.39, 0.29) is 11.6 Å². The number of halogens is 4. The number of nitrogens with zero attached hydrogens (tertiary/aromatic N) is 2. The van der Waals surface area contributed by atoms with Gasteiger partial charge in [0.2, 0.25) is 0 Å². The number of benzene rings is 3. The Morgan fingerprint density at radius 3 is 2.50 bits per heavy atom. The number of carbonyl (C=O) groups excluding carboxylic acids is 1. The van der Waals surface area contributed by atoms with Crippen LogP contribution in [-0.2, 0) is 6.18 Å². The third-order valence-electron chi connectivity index (χ3n) is 6.58. The molecule has 10 heteroatoms. The highest BCUT2D eigenvalue weighted by atomic mass is 32.2. The van der Waals surface area contributed by atoms with Crippen molar-refractivity contribution in [3.8, 4) is 10.4 Å². The summed E-state index contributed by atoms with van der Waals surface area (Å²) in [4.78, 5) is 15.5. The van der Waals surface area contributed by atoms with Gasteiger partial charge < -0.3 is 5.32 Å². The minimum Gasteiger partial charge on any atom is -0.306 e. The van der Waals surface area contributed by atoms with Gasteiger partial charge in [0.25, 0.3) is 0 Å². The Labute approximate surface area is 224 Å². The molecule has 2 aliphatic heterocycles. The van der Waals surface area contributed by atoms with Crippen LogP contribution in [0.2, 0.25) is 0 Å². The minimum atomic E-state index is -4.48. The van der Waals surface area contributed by atoms with Crippen LogP contribution >= 0.6 is 23.1 Å². The van der Waals surface area contributed by atoms with E-state index in [1.165, 1.54) is 29.3 Å². The maximum atomic E-state index is 14.2. The molecule has 4 nitrogen and oxygen atoms in total. The van der Waals surface area contributed by atoms with Crippen molar-refractivity contribution in [2.75, 3.05) is 11.1 Å². The number of alkyl halides is 3. The SMILES string of the molecule is O=C(Nc1ccc(C(F)(F)F)cc1)N1N=C2c3cc(F)ccc3SCC2C1c1ccccc1-c1cccs1. The van der Waals surface area contributed by atoms with Gasteiger partial charge in [-0.05, 0) is 65.0 Å². The number of anilines is 1. The lowest BCUT2D eigenvalue weighted by molar-refractivity contribution is -0.137. The van der Waals surface area contributed by atoms with Gasteiger partial charge in [-0.2, -0.15) is 18.3 Å². The molecular formula is C28H19F4N3OS2. The van der Waals surface area contributed by atoms with Crippen LogP contribution in [0.15, 0.2) is 94.2 Å². The summed E-state index contributed by atoms with van der Waals surface area (Å²) in [5.41, 5.74) is 2.53. The van der Waals surface area contributed by atoms with Gasteiger partial charge in [-0.1, -0.05) is 30.3 Å². The lowest BCUT2D eigenvalue weighted by atomic mass is 9.85. The van der Waals surface area contributed by atoms with Crippen LogP contribution in [-0.4, -0.2) is 22.5 Å². The van der Waals surface area contributed by atoms with Crippen molar-refractivity contribution in [2.45, 2.75) is 17.1 Å². The van der Waals surface area contributed by atoms with Crippen molar-refractivity contribution in [3.05, 3.63) is 107 Å².